The van der Waals surface area contributed by atoms with E-state index in [0.29, 0.717) is 0 Å². The zero-order valence-corrected chi connectivity index (χ0v) is 15.3. The first-order valence-electron chi connectivity index (χ1n) is 8.94. The Bertz CT molecular complexity index is 1120. The smallest absolute Gasteiger partial charge is 0.434 e. The molecule has 1 N–H and O–H groups in total. The fourth-order valence-electron chi connectivity index (χ4n) is 3.36. The fraction of sp³-hybridized carbons (Fsp3) is 0.182. The van der Waals surface area contributed by atoms with Crippen LogP contribution in [0.5, 0.6) is 5.88 Å². The topological polar surface area (TPSA) is 64.2 Å². The molecular formula is C22H20N2O3. The zero-order valence-electron chi connectivity index (χ0n) is 15.3. The van der Waals surface area contributed by atoms with Crippen LogP contribution in [0.4, 0.5) is 4.79 Å². The second kappa shape index (κ2) is 7.11. The van der Waals surface area contributed by atoms with E-state index in [2.05, 4.69) is 40.3 Å². The first-order chi connectivity index (χ1) is 13.2. The molecule has 0 aliphatic carbocycles. The summed E-state index contributed by atoms with van der Waals surface area (Å²) in [5.41, 5.74) is 5.24. The van der Waals surface area contributed by atoms with Crippen LogP contribution >= 0.6 is 0 Å². The Morgan fingerprint density at radius 1 is 1.07 bits per heavy atom. The molecule has 2 aromatic heterocycles. The molecule has 0 radical (unpaired) electrons. The third kappa shape index (κ3) is 3.36. The van der Waals surface area contributed by atoms with Gasteiger partial charge in [0, 0.05) is 21.9 Å². The molecule has 0 saturated heterocycles. The average molecular weight is 360 g/mol. The number of ether oxygens (including phenoxy) is 2. The number of H-pyrrole nitrogens is 1. The maximum Gasteiger partial charge on any atom is 0.515 e. The van der Waals surface area contributed by atoms with E-state index in [1.54, 1.807) is 13.1 Å². The van der Waals surface area contributed by atoms with Crippen LogP contribution < -0.4 is 4.74 Å². The lowest BCUT2D eigenvalue weighted by Gasteiger charge is -2.07. The summed E-state index contributed by atoms with van der Waals surface area (Å²) in [4.78, 5) is 19.3. The van der Waals surface area contributed by atoms with Crippen molar-refractivity contribution in [2.45, 2.75) is 20.3 Å². The van der Waals surface area contributed by atoms with Crippen LogP contribution in [0.3, 0.4) is 0 Å². The normalized spacial score (nSPS) is 11.0. The fourth-order valence-corrected chi connectivity index (χ4v) is 3.36. The first kappa shape index (κ1) is 17.1. The number of aromatic amines is 1. The van der Waals surface area contributed by atoms with Gasteiger partial charge < -0.3 is 14.5 Å². The summed E-state index contributed by atoms with van der Waals surface area (Å²) < 4.78 is 10.1. The molecule has 4 aromatic rings. The number of nitrogens with zero attached hydrogens (tertiary/aromatic N) is 1. The average Bonchev–Trinajstić information content (AvgIpc) is 3.04. The molecule has 0 aliphatic heterocycles. The number of pyridine rings is 1. The molecule has 0 amide bonds. The molecule has 0 fully saturated rings. The summed E-state index contributed by atoms with van der Waals surface area (Å²) in [6, 6.07) is 16.8. The first-order valence-corrected chi connectivity index (χ1v) is 8.94. The van der Waals surface area contributed by atoms with Gasteiger partial charge in [-0.25, -0.2) is 9.78 Å². The summed E-state index contributed by atoms with van der Waals surface area (Å²) in [7, 11) is 0. The van der Waals surface area contributed by atoms with E-state index in [4.69, 9.17) is 9.47 Å². The van der Waals surface area contributed by atoms with Crippen LogP contribution in [-0.2, 0) is 11.2 Å². The van der Waals surface area contributed by atoms with Gasteiger partial charge in [0.25, 0.3) is 0 Å². The second-order valence-electron chi connectivity index (χ2n) is 6.43. The lowest BCUT2D eigenvalue weighted by molar-refractivity contribution is 0.102. The molecule has 5 heteroatoms. The van der Waals surface area contributed by atoms with E-state index in [0.717, 1.165) is 33.8 Å². The molecule has 2 heterocycles. The number of nitrogens with one attached hydrogen (secondary N) is 1. The van der Waals surface area contributed by atoms with Gasteiger partial charge in [0.2, 0.25) is 5.88 Å². The standard InChI is InChI=1S/C22H20N2O3/c1-3-26-22(25)27-21-14(2)20-17-12-16(11-15-7-5-4-6-8-15)9-10-18(17)24-19(20)13-23-21/h4-10,12-13,24H,3,11H2,1-2H3. The Labute approximate surface area is 156 Å². The van der Waals surface area contributed by atoms with Crippen molar-refractivity contribution in [1.29, 1.82) is 0 Å². The van der Waals surface area contributed by atoms with Crippen LogP contribution in [0, 0.1) is 6.92 Å². The van der Waals surface area contributed by atoms with E-state index >= 15 is 0 Å². The van der Waals surface area contributed by atoms with Crippen molar-refractivity contribution >= 4 is 28.0 Å². The maximum atomic E-state index is 11.7. The second-order valence-corrected chi connectivity index (χ2v) is 6.43. The van der Waals surface area contributed by atoms with Gasteiger partial charge in [-0.2, -0.15) is 0 Å². The Kier molecular flexibility index (Phi) is 4.50. The molecular weight excluding hydrogens is 340 g/mol. The van der Waals surface area contributed by atoms with Crippen LogP contribution in [0.25, 0.3) is 21.8 Å². The number of carbonyl (C=O) groups excluding carboxylic acids is 1. The highest BCUT2D eigenvalue weighted by atomic mass is 16.7. The molecule has 2 aromatic carbocycles. The highest BCUT2D eigenvalue weighted by Crippen LogP contribution is 2.32. The molecule has 5 nitrogen and oxygen atoms in total. The summed E-state index contributed by atoms with van der Waals surface area (Å²) >= 11 is 0. The third-order valence-electron chi connectivity index (χ3n) is 4.59. The molecule has 0 saturated carbocycles. The van der Waals surface area contributed by atoms with Crippen LogP contribution in [-0.4, -0.2) is 22.7 Å². The van der Waals surface area contributed by atoms with Gasteiger partial charge in [0.1, 0.15) is 0 Å². The van der Waals surface area contributed by atoms with Crippen molar-refractivity contribution in [3.8, 4) is 5.88 Å². The van der Waals surface area contributed by atoms with E-state index in [1.807, 2.05) is 25.1 Å². The predicted octanol–water partition coefficient (Wildman–Crippen LogP) is 5.15. The van der Waals surface area contributed by atoms with Gasteiger partial charge in [0.05, 0.1) is 18.3 Å². The molecule has 0 unspecified atom stereocenters. The minimum absolute atomic E-state index is 0.260. The Hall–Kier alpha value is -3.34. The van der Waals surface area contributed by atoms with Crippen molar-refractivity contribution in [2.75, 3.05) is 6.61 Å². The summed E-state index contributed by atoms with van der Waals surface area (Å²) in [6.07, 6.45) is 1.81. The van der Waals surface area contributed by atoms with Crippen molar-refractivity contribution in [3.63, 3.8) is 0 Å². The molecule has 0 atom stereocenters. The number of aromatic nitrogens is 2. The van der Waals surface area contributed by atoms with Gasteiger partial charge in [-0.3, -0.25) is 0 Å². The van der Waals surface area contributed by atoms with Gasteiger partial charge in [-0.15, -0.1) is 0 Å². The molecule has 0 bridgehead atoms. The molecule has 0 aliphatic rings. The minimum Gasteiger partial charge on any atom is -0.434 e. The van der Waals surface area contributed by atoms with E-state index in [1.165, 1.54) is 11.1 Å². The highest BCUT2D eigenvalue weighted by Gasteiger charge is 2.15. The van der Waals surface area contributed by atoms with Crippen LogP contribution in [0.15, 0.2) is 54.7 Å². The maximum absolute atomic E-state index is 11.7. The number of rotatable bonds is 4. The van der Waals surface area contributed by atoms with E-state index in [9.17, 15) is 4.79 Å². The predicted molar refractivity (Wildman–Crippen MR) is 105 cm³/mol. The number of benzene rings is 2. The summed E-state index contributed by atoms with van der Waals surface area (Å²) in [5.74, 6) is 0.273. The summed E-state index contributed by atoms with van der Waals surface area (Å²) in [6.45, 7) is 3.90. The van der Waals surface area contributed by atoms with E-state index in [-0.39, 0.29) is 12.5 Å². The van der Waals surface area contributed by atoms with Gasteiger partial charge in [-0.05, 0) is 43.5 Å². The SMILES string of the molecule is CCOC(=O)Oc1ncc2[nH]c3ccc(Cc4ccccc4)cc3c2c1C. The molecule has 4 rings (SSSR count). The van der Waals surface area contributed by atoms with Crippen molar-refractivity contribution in [1.82, 2.24) is 9.97 Å². The summed E-state index contributed by atoms with van der Waals surface area (Å²) in [5, 5.41) is 2.10. The van der Waals surface area contributed by atoms with Crippen molar-refractivity contribution < 1.29 is 14.3 Å². The number of fused-ring (bicyclic) bond motifs is 3. The van der Waals surface area contributed by atoms with Gasteiger partial charge in [-0.1, -0.05) is 36.4 Å². The lowest BCUT2D eigenvalue weighted by atomic mass is 10.0. The Morgan fingerprint density at radius 2 is 1.89 bits per heavy atom. The van der Waals surface area contributed by atoms with Gasteiger partial charge >= 0.3 is 6.16 Å². The molecule has 27 heavy (non-hydrogen) atoms. The Balaban J connectivity index is 1.77. The van der Waals surface area contributed by atoms with Crippen LogP contribution in [0.1, 0.15) is 23.6 Å². The highest BCUT2D eigenvalue weighted by molar-refractivity contribution is 6.09. The molecule has 0 spiro atoms. The largest absolute Gasteiger partial charge is 0.515 e. The Morgan fingerprint density at radius 3 is 2.67 bits per heavy atom. The van der Waals surface area contributed by atoms with E-state index < -0.39 is 6.16 Å². The van der Waals surface area contributed by atoms with Gasteiger partial charge in [0.15, 0.2) is 0 Å². The minimum atomic E-state index is -0.739. The number of hydrogen-bond acceptors (Lipinski definition) is 4. The van der Waals surface area contributed by atoms with Crippen molar-refractivity contribution in [2.24, 2.45) is 0 Å². The van der Waals surface area contributed by atoms with Crippen molar-refractivity contribution in [3.05, 3.63) is 71.4 Å². The number of aryl methyl sites for hydroxylation is 1. The lowest BCUT2D eigenvalue weighted by Crippen LogP contribution is -2.11. The quantitative estimate of drug-likeness (QED) is 0.511. The third-order valence-corrected chi connectivity index (χ3v) is 4.59. The number of carbonyl (C=O) groups is 1. The zero-order chi connectivity index (χ0) is 18.8. The van der Waals surface area contributed by atoms with Crippen LogP contribution in [0.2, 0.25) is 0 Å². The number of hydrogen-bond donors (Lipinski definition) is 1. The monoisotopic (exact) mass is 360 g/mol. The molecule has 136 valence electrons.